The minimum Gasteiger partial charge on any atom is -0.508 e. The number of phenols is 2. The number of aliphatic hydroxyl groups is 1. The Morgan fingerprint density at radius 3 is 2.74 bits per heavy atom. The Kier molecular flexibility index (Phi) is 5.14. The van der Waals surface area contributed by atoms with E-state index in [1.165, 1.54) is 24.5 Å². The number of aromatic hydroxyl groups is 2. The van der Waals surface area contributed by atoms with E-state index in [-0.39, 0.29) is 34.4 Å². The molecule has 3 aliphatic carbocycles. The SMILES string of the molecule is O=C(NCc1ccc(O)c(Cl)c1)[C@@H]1C[C@]23CCN(CC4CC4)[C@H](Cc4ccc(O)cc42)[C@]3(O)C1. The molecular formula is C27H31ClN2O4. The summed E-state index contributed by atoms with van der Waals surface area (Å²) in [5.74, 6) is 0.584. The summed E-state index contributed by atoms with van der Waals surface area (Å²) in [5.41, 5.74) is 1.51. The van der Waals surface area contributed by atoms with Crippen molar-refractivity contribution in [3.63, 3.8) is 0 Å². The van der Waals surface area contributed by atoms with Crippen LogP contribution >= 0.6 is 11.6 Å². The van der Waals surface area contributed by atoms with Crippen molar-refractivity contribution in [2.24, 2.45) is 11.8 Å². The Balaban J connectivity index is 1.29. The molecule has 180 valence electrons. The zero-order chi connectivity index (χ0) is 23.7. The molecule has 34 heavy (non-hydrogen) atoms. The van der Waals surface area contributed by atoms with Crippen molar-refractivity contribution in [1.82, 2.24) is 10.2 Å². The monoisotopic (exact) mass is 482 g/mol. The van der Waals surface area contributed by atoms with Crippen LogP contribution in [0, 0.1) is 11.8 Å². The largest absolute Gasteiger partial charge is 0.508 e. The Morgan fingerprint density at radius 1 is 1.15 bits per heavy atom. The van der Waals surface area contributed by atoms with Crippen LogP contribution in [0.4, 0.5) is 0 Å². The van der Waals surface area contributed by atoms with Crippen molar-refractivity contribution >= 4 is 17.5 Å². The molecule has 2 saturated carbocycles. The minimum atomic E-state index is -0.995. The average molecular weight is 483 g/mol. The number of hydrogen-bond acceptors (Lipinski definition) is 5. The van der Waals surface area contributed by atoms with Gasteiger partial charge in [-0.3, -0.25) is 9.69 Å². The number of carbonyl (C=O) groups is 1. The number of hydrogen-bond donors (Lipinski definition) is 4. The summed E-state index contributed by atoms with van der Waals surface area (Å²) < 4.78 is 0. The summed E-state index contributed by atoms with van der Waals surface area (Å²) in [5, 5.41) is 35.6. The van der Waals surface area contributed by atoms with E-state index in [9.17, 15) is 20.1 Å². The van der Waals surface area contributed by atoms with E-state index < -0.39 is 11.0 Å². The molecule has 6 nitrogen and oxygen atoms in total. The lowest BCUT2D eigenvalue weighted by molar-refractivity contribution is -0.134. The third kappa shape index (κ3) is 3.42. The second-order valence-corrected chi connectivity index (χ2v) is 11.3. The number of nitrogens with one attached hydrogen (secondary N) is 1. The van der Waals surface area contributed by atoms with E-state index in [4.69, 9.17) is 11.6 Å². The summed E-state index contributed by atoms with van der Waals surface area (Å²) in [6.45, 7) is 2.25. The van der Waals surface area contributed by atoms with Crippen molar-refractivity contribution in [1.29, 1.82) is 0 Å². The summed E-state index contributed by atoms with van der Waals surface area (Å²) in [6, 6.07) is 10.5. The van der Waals surface area contributed by atoms with E-state index >= 15 is 0 Å². The number of rotatable bonds is 5. The zero-order valence-electron chi connectivity index (χ0n) is 19.1. The summed E-state index contributed by atoms with van der Waals surface area (Å²) in [7, 11) is 0. The van der Waals surface area contributed by atoms with Gasteiger partial charge in [0.25, 0.3) is 0 Å². The van der Waals surface area contributed by atoms with Gasteiger partial charge < -0.3 is 20.6 Å². The van der Waals surface area contributed by atoms with Crippen LogP contribution in [0.25, 0.3) is 0 Å². The van der Waals surface area contributed by atoms with E-state index in [1.54, 1.807) is 18.2 Å². The maximum absolute atomic E-state index is 13.3. The fraction of sp³-hybridized carbons (Fsp3) is 0.519. The third-order valence-corrected chi connectivity index (χ3v) is 9.16. The molecule has 1 heterocycles. The van der Waals surface area contributed by atoms with Crippen LogP contribution in [0.15, 0.2) is 36.4 Å². The first-order chi connectivity index (χ1) is 16.3. The fourth-order valence-corrected chi connectivity index (χ4v) is 7.21. The van der Waals surface area contributed by atoms with Gasteiger partial charge in [0.05, 0.1) is 10.6 Å². The van der Waals surface area contributed by atoms with Gasteiger partial charge in [0, 0.05) is 30.5 Å². The predicted molar refractivity (Wildman–Crippen MR) is 129 cm³/mol. The lowest BCUT2D eigenvalue weighted by Gasteiger charge is -2.59. The fourth-order valence-electron chi connectivity index (χ4n) is 7.01. The van der Waals surface area contributed by atoms with Crippen molar-refractivity contribution in [2.45, 2.75) is 62.1 Å². The second kappa shape index (κ2) is 7.87. The number of benzene rings is 2. The van der Waals surface area contributed by atoms with Crippen molar-refractivity contribution in [3.05, 3.63) is 58.1 Å². The molecule has 4 atom stereocenters. The first-order valence-corrected chi connectivity index (χ1v) is 12.7. The highest BCUT2D eigenvalue weighted by Crippen LogP contribution is 2.62. The highest BCUT2D eigenvalue weighted by atomic mass is 35.5. The third-order valence-electron chi connectivity index (χ3n) is 8.86. The van der Waals surface area contributed by atoms with Crippen LogP contribution < -0.4 is 5.32 Å². The molecule has 0 spiro atoms. The maximum atomic E-state index is 13.3. The molecule has 0 unspecified atom stereocenters. The molecule has 7 heteroatoms. The minimum absolute atomic E-state index is 0.00685. The highest BCUT2D eigenvalue weighted by Gasteiger charge is 2.68. The molecule has 1 aliphatic heterocycles. The Hall–Kier alpha value is -2.28. The zero-order valence-corrected chi connectivity index (χ0v) is 19.9. The van der Waals surface area contributed by atoms with Gasteiger partial charge in [-0.15, -0.1) is 0 Å². The molecule has 1 saturated heterocycles. The lowest BCUT2D eigenvalue weighted by atomic mass is 9.56. The van der Waals surface area contributed by atoms with Crippen LogP contribution in [0.1, 0.15) is 48.8 Å². The van der Waals surface area contributed by atoms with Gasteiger partial charge in [0.15, 0.2) is 0 Å². The van der Waals surface area contributed by atoms with Crippen molar-refractivity contribution < 1.29 is 20.1 Å². The van der Waals surface area contributed by atoms with Crippen LogP contribution in [0.3, 0.4) is 0 Å². The molecule has 4 aliphatic rings. The maximum Gasteiger partial charge on any atom is 0.223 e. The van der Waals surface area contributed by atoms with Crippen LogP contribution in [-0.2, 0) is 23.2 Å². The Morgan fingerprint density at radius 2 is 1.97 bits per heavy atom. The quantitative estimate of drug-likeness (QED) is 0.523. The molecular weight excluding hydrogens is 452 g/mol. The number of likely N-dealkylation sites (tertiary alicyclic amines) is 1. The van der Waals surface area contributed by atoms with E-state index in [2.05, 4.69) is 10.2 Å². The van der Waals surface area contributed by atoms with Crippen molar-refractivity contribution in [3.8, 4) is 11.5 Å². The molecule has 2 aromatic carbocycles. The predicted octanol–water partition coefficient (Wildman–Crippen LogP) is 3.49. The average Bonchev–Trinajstić information content (AvgIpc) is 3.56. The lowest BCUT2D eigenvalue weighted by Crippen LogP contribution is -2.69. The number of phenolic OH excluding ortho intramolecular Hbond substituents is 2. The van der Waals surface area contributed by atoms with Crippen molar-refractivity contribution in [2.75, 3.05) is 13.1 Å². The topological polar surface area (TPSA) is 93.0 Å². The van der Waals surface area contributed by atoms with Crippen LogP contribution in [-0.4, -0.2) is 50.9 Å². The smallest absolute Gasteiger partial charge is 0.223 e. The standard InChI is InChI=1S/C27H31ClN2O4/c28-22-9-17(3-6-23(22)32)14-29-25(33)19-12-26-7-8-30(15-16-1-2-16)24(27(26,34)13-19)10-18-4-5-20(31)11-21(18)26/h3-6,9,11,16,19,24,31-32,34H,1-2,7-8,10,12-15H2,(H,29,33)/t19-,24-,26-,27-/m1/s1. The van der Waals surface area contributed by atoms with Gasteiger partial charge in [-0.1, -0.05) is 23.7 Å². The van der Waals surface area contributed by atoms with E-state index in [1.807, 2.05) is 12.1 Å². The van der Waals surface area contributed by atoms with Gasteiger partial charge in [-0.2, -0.15) is 0 Å². The summed E-state index contributed by atoms with van der Waals surface area (Å²) in [4.78, 5) is 15.8. The number of carbonyl (C=O) groups excluding carboxylic acids is 1. The molecule has 6 rings (SSSR count). The van der Waals surface area contributed by atoms with Gasteiger partial charge in [-0.05, 0) is 91.9 Å². The molecule has 2 aromatic rings. The first-order valence-electron chi connectivity index (χ1n) is 12.3. The molecule has 3 fully saturated rings. The number of halogens is 1. The summed E-state index contributed by atoms with van der Waals surface area (Å²) >= 11 is 6.01. The number of amides is 1. The van der Waals surface area contributed by atoms with Gasteiger partial charge >= 0.3 is 0 Å². The molecule has 0 aromatic heterocycles. The highest BCUT2D eigenvalue weighted by molar-refractivity contribution is 6.32. The molecule has 1 amide bonds. The normalized spacial score (nSPS) is 32.2. The molecule has 4 N–H and O–H groups in total. The van der Waals surface area contributed by atoms with Gasteiger partial charge in [0.1, 0.15) is 11.5 Å². The molecule has 2 bridgehead atoms. The van der Waals surface area contributed by atoms with E-state index in [0.29, 0.717) is 19.4 Å². The van der Waals surface area contributed by atoms with Crippen LogP contribution in [0.2, 0.25) is 5.02 Å². The van der Waals surface area contributed by atoms with Gasteiger partial charge in [-0.25, -0.2) is 0 Å². The molecule has 0 radical (unpaired) electrons. The Labute approximate surface area is 204 Å². The van der Waals surface area contributed by atoms with Crippen LogP contribution in [0.5, 0.6) is 11.5 Å². The summed E-state index contributed by atoms with van der Waals surface area (Å²) in [6.07, 6.45) is 5.08. The Bertz CT molecular complexity index is 1150. The van der Waals surface area contributed by atoms with Gasteiger partial charge in [0.2, 0.25) is 5.91 Å². The number of fused-ring (bicyclic) bond motifs is 1. The first kappa shape index (κ1) is 22.2. The number of piperidine rings is 1. The number of nitrogens with zero attached hydrogens (tertiary/aromatic N) is 1. The second-order valence-electron chi connectivity index (χ2n) is 10.9. The van der Waals surface area contributed by atoms with E-state index in [0.717, 1.165) is 43.0 Å².